The van der Waals surface area contributed by atoms with E-state index >= 15 is 0 Å². The summed E-state index contributed by atoms with van der Waals surface area (Å²) in [6.45, 7) is 0. The molecule has 18 aromatic carbocycles. The lowest BCUT2D eigenvalue weighted by Crippen LogP contribution is -2.28. The molecular formula is C110H66N2O5. The summed E-state index contributed by atoms with van der Waals surface area (Å²) in [5.41, 5.74) is 27.8. The number of furan rings is 5. The molecule has 117 heavy (non-hydrogen) atoms. The summed E-state index contributed by atoms with van der Waals surface area (Å²) < 4.78 is 34.1. The Morgan fingerprint density at radius 2 is 0.470 bits per heavy atom. The van der Waals surface area contributed by atoms with Crippen molar-refractivity contribution in [2.45, 2.75) is 10.8 Å². The summed E-state index contributed by atoms with van der Waals surface area (Å²) in [6, 6.07) is 145. The molecule has 0 aliphatic heterocycles. The fourth-order valence-electron chi connectivity index (χ4n) is 19.9. The molecule has 2 aliphatic rings. The predicted octanol–water partition coefficient (Wildman–Crippen LogP) is 30.2. The lowest BCUT2D eigenvalue weighted by atomic mass is 9.67. The van der Waals surface area contributed by atoms with E-state index in [1.165, 1.54) is 66.8 Å². The number of rotatable bonds is 12. The van der Waals surface area contributed by atoms with Crippen LogP contribution in [0, 0.1) is 0 Å². The summed E-state index contributed by atoms with van der Waals surface area (Å²) in [7, 11) is 0. The maximum Gasteiger partial charge on any atom is 0.137 e. The first kappa shape index (κ1) is 65.1. The monoisotopic (exact) mass is 1490 g/mol. The highest BCUT2D eigenvalue weighted by atomic mass is 16.4. The molecule has 0 bridgehead atoms. The Kier molecular flexibility index (Phi) is 13.9. The van der Waals surface area contributed by atoms with Crippen molar-refractivity contribution < 1.29 is 22.1 Å². The van der Waals surface area contributed by atoms with Crippen molar-refractivity contribution in [1.29, 1.82) is 0 Å². The topological polar surface area (TPSA) is 72.2 Å². The van der Waals surface area contributed by atoms with Gasteiger partial charge in [0.05, 0.1) is 10.8 Å². The van der Waals surface area contributed by atoms with Crippen molar-refractivity contribution in [3.05, 3.63) is 445 Å². The Morgan fingerprint density at radius 3 is 0.872 bits per heavy atom. The first-order valence-corrected chi connectivity index (χ1v) is 40.0. The minimum absolute atomic E-state index is 0.608. The Labute approximate surface area is 671 Å². The zero-order chi connectivity index (χ0) is 76.6. The summed E-state index contributed by atoms with van der Waals surface area (Å²) >= 11 is 0. The van der Waals surface area contributed by atoms with Crippen LogP contribution in [0.1, 0.15) is 44.5 Å². The van der Waals surface area contributed by atoms with Crippen LogP contribution in [0.5, 0.6) is 0 Å². The summed E-state index contributed by atoms with van der Waals surface area (Å²) in [5, 5.41) is 12.4. The second-order valence-corrected chi connectivity index (χ2v) is 31.3. The van der Waals surface area contributed by atoms with Crippen molar-refractivity contribution in [2.75, 3.05) is 9.80 Å². The Balaban J connectivity index is 0.616. The highest BCUT2D eigenvalue weighted by molar-refractivity contribution is 6.19. The van der Waals surface area contributed by atoms with Gasteiger partial charge in [0.25, 0.3) is 0 Å². The van der Waals surface area contributed by atoms with Gasteiger partial charge in [-0.1, -0.05) is 255 Å². The predicted molar refractivity (Wildman–Crippen MR) is 478 cm³/mol. The Morgan fingerprint density at radius 1 is 0.171 bits per heavy atom. The zero-order valence-corrected chi connectivity index (χ0v) is 63.0. The van der Waals surface area contributed by atoms with Crippen LogP contribution in [0.15, 0.2) is 422 Å². The van der Waals surface area contributed by atoms with E-state index in [-0.39, 0.29) is 0 Å². The van der Waals surface area contributed by atoms with Crippen molar-refractivity contribution >= 4 is 143 Å². The second kappa shape index (κ2) is 25.0. The third-order valence-electron chi connectivity index (χ3n) is 25.1. The number of anilines is 6. The van der Waals surface area contributed by atoms with Crippen LogP contribution in [-0.4, -0.2) is 0 Å². The van der Waals surface area contributed by atoms with Crippen molar-refractivity contribution in [3.63, 3.8) is 0 Å². The van der Waals surface area contributed by atoms with E-state index < -0.39 is 10.8 Å². The van der Waals surface area contributed by atoms with Gasteiger partial charge in [0.1, 0.15) is 56.2 Å². The van der Waals surface area contributed by atoms with E-state index in [2.05, 4.69) is 386 Å². The molecule has 5 heterocycles. The lowest BCUT2D eigenvalue weighted by Gasteiger charge is -2.35. The van der Waals surface area contributed by atoms with Crippen LogP contribution >= 0.6 is 0 Å². The van der Waals surface area contributed by atoms with Crippen LogP contribution in [0.25, 0.3) is 154 Å². The standard InChI is InChI=1S/C110H66N2O5/c1-5-23-75(24-6-1)109(76-25-7-2-8-26-76)95-33-17-15-31-85(95)87-49-45-81(59-97(87)109)111(79-43-41-67-53-73(39-37-69(67)55-79)101-57-71-21-13-19-35-99(71)113-101)83-47-51-89-91-63-107-93(65-105(91)115-103(89)61-83)94-66-106-92(64-108(94)117-107)90-52-48-84(62-104(90)116-106)112(80-44-42-68-54-74(40-38-70(68)56-80)102-58-72-22-14-20-36-100(72)114-102)82-46-50-88-86-32-16-18-34-96(86)110(98(88)60-82,77-27-9-3-10-28-77)78-29-11-4-12-30-78/h1-66H. The summed E-state index contributed by atoms with van der Waals surface area (Å²) in [5.74, 6) is 1.68. The van der Waals surface area contributed by atoms with E-state index in [0.29, 0.717) is 0 Å². The minimum Gasteiger partial charge on any atom is -0.456 e. The highest BCUT2D eigenvalue weighted by Crippen LogP contribution is 2.60. The number of benzene rings is 18. The van der Waals surface area contributed by atoms with E-state index in [1.807, 2.05) is 24.3 Å². The number of hydrogen-bond acceptors (Lipinski definition) is 7. The van der Waals surface area contributed by atoms with Gasteiger partial charge in [-0.25, -0.2) is 0 Å². The van der Waals surface area contributed by atoms with E-state index in [0.717, 1.165) is 166 Å². The third-order valence-corrected chi connectivity index (χ3v) is 25.1. The summed E-state index contributed by atoms with van der Waals surface area (Å²) in [6.07, 6.45) is 0. The van der Waals surface area contributed by atoms with Crippen LogP contribution < -0.4 is 9.80 Å². The molecule has 546 valence electrons. The Bertz CT molecular complexity index is 7420. The van der Waals surface area contributed by atoms with Gasteiger partial charge in [0, 0.05) is 100 Å². The number of para-hydroxylation sites is 2. The second-order valence-electron chi connectivity index (χ2n) is 31.3. The fourth-order valence-corrected chi connectivity index (χ4v) is 19.9. The molecule has 0 atom stereocenters. The Hall–Kier alpha value is -15.4. The molecule has 0 N–H and O–H groups in total. The van der Waals surface area contributed by atoms with Gasteiger partial charge in [-0.05, 0) is 222 Å². The molecule has 0 saturated heterocycles. The smallest absolute Gasteiger partial charge is 0.137 e. The average Bonchev–Trinajstić information content (AvgIpc) is 1.55. The first-order valence-electron chi connectivity index (χ1n) is 40.0. The van der Waals surface area contributed by atoms with Crippen LogP contribution in [0.2, 0.25) is 0 Å². The molecule has 0 radical (unpaired) electrons. The van der Waals surface area contributed by atoms with E-state index in [9.17, 15) is 0 Å². The molecule has 7 heteroatoms. The number of hydrogen-bond donors (Lipinski definition) is 0. The van der Waals surface area contributed by atoms with Gasteiger partial charge < -0.3 is 31.9 Å². The van der Waals surface area contributed by atoms with E-state index in [4.69, 9.17) is 22.1 Å². The molecule has 23 aromatic rings. The van der Waals surface area contributed by atoms with Crippen LogP contribution in [0.4, 0.5) is 34.1 Å². The van der Waals surface area contributed by atoms with Gasteiger partial charge in [-0.15, -0.1) is 0 Å². The third kappa shape index (κ3) is 9.75. The van der Waals surface area contributed by atoms with Crippen LogP contribution in [0.3, 0.4) is 0 Å². The SMILES string of the molecule is c1ccc(C2(c3ccccc3)c3ccccc3-c3ccc(N(c4ccc5cc(-c6cc7ccccc7o6)ccc5c4)c4ccc5c(c4)oc4cc6c(cc45)oc4cc5c(cc46)oc4cc(N(c6ccc7c(c6)C(c6ccccc6)(c6ccccc6)c6ccccc6-7)c6ccc7cc(-c8cc9ccccc9o8)ccc7c6)ccc45)cc32)cc1. The van der Waals surface area contributed by atoms with Gasteiger partial charge in [0.15, 0.2) is 0 Å². The molecule has 0 unspecified atom stereocenters. The molecule has 5 aromatic heterocycles. The maximum absolute atomic E-state index is 7.14. The van der Waals surface area contributed by atoms with Crippen LogP contribution in [-0.2, 0) is 10.8 Å². The highest BCUT2D eigenvalue weighted by Gasteiger charge is 2.48. The summed E-state index contributed by atoms with van der Waals surface area (Å²) in [4.78, 5) is 4.78. The molecule has 0 amide bonds. The van der Waals surface area contributed by atoms with Gasteiger partial charge in [-0.2, -0.15) is 0 Å². The molecule has 2 aliphatic carbocycles. The number of fused-ring (bicyclic) bond motifs is 19. The van der Waals surface area contributed by atoms with Gasteiger partial charge in [0.2, 0.25) is 0 Å². The molecule has 0 fully saturated rings. The van der Waals surface area contributed by atoms with Crippen molar-refractivity contribution in [1.82, 2.24) is 0 Å². The first-order chi connectivity index (χ1) is 57.9. The minimum atomic E-state index is -0.608. The maximum atomic E-state index is 7.14. The molecule has 0 spiro atoms. The molecule has 0 saturated carbocycles. The molecule has 7 nitrogen and oxygen atoms in total. The molecule has 25 rings (SSSR count). The normalized spacial score (nSPS) is 13.3. The van der Waals surface area contributed by atoms with E-state index in [1.54, 1.807) is 0 Å². The quantitative estimate of drug-likeness (QED) is 0.121. The van der Waals surface area contributed by atoms with Gasteiger partial charge >= 0.3 is 0 Å². The number of nitrogens with zero attached hydrogens (tertiary/aromatic N) is 2. The average molecular weight is 1500 g/mol. The van der Waals surface area contributed by atoms with Crippen molar-refractivity contribution in [3.8, 4) is 44.9 Å². The van der Waals surface area contributed by atoms with Crippen molar-refractivity contribution in [2.24, 2.45) is 0 Å². The zero-order valence-electron chi connectivity index (χ0n) is 63.0. The fraction of sp³-hybridized carbons (Fsp3) is 0.0182. The largest absolute Gasteiger partial charge is 0.456 e. The lowest BCUT2D eigenvalue weighted by molar-refractivity contribution is 0.631. The molecular weight excluding hydrogens is 1430 g/mol. The van der Waals surface area contributed by atoms with Gasteiger partial charge in [-0.3, -0.25) is 0 Å².